The van der Waals surface area contributed by atoms with Crippen LogP contribution < -0.4 is 0 Å². The van der Waals surface area contributed by atoms with E-state index in [4.69, 9.17) is 0 Å². The molecule has 2 saturated carbocycles. The van der Waals surface area contributed by atoms with Gasteiger partial charge in [0.2, 0.25) is 0 Å². The Morgan fingerprint density at radius 1 is 1.08 bits per heavy atom. The van der Waals surface area contributed by atoms with Gasteiger partial charge in [0, 0.05) is 5.92 Å². The maximum Gasteiger partial charge on any atom is 0.0611 e. The van der Waals surface area contributed by atoms with Gasteiger partial charge >= 0.3 is 0 Å². The molecule has 0 aromatic carbocycles. The van der Waals surface area contributed by atoms with E-state index in [1.165, 1.54) is 37.7 Å². The van der Waals surface area contributed by atoms with Crippen LogP contribution in [0.3, 0.4) is 0 Å². The van der Waals surface area contributed by atoms with Gasteiger partial charge in [0.15, 0.2) is 0 Å². The zero-order valence-corrected chi connectivity index (χ0v) is 8.34. The van der Waals surface area contributed by atoms with Crippen molar-refractivity contribution < 1.29 is 5.11 Å². The van der Waals surface area contributed by atoms with Gasteiger partial charge in [-0.1, -0.05) is 31.4 Å². The molecule has 2 aliphatic rings. The maximum atomic E-state index is 9.85. The highest BCUT2D eigenvalue weighted by atomic mass is 16.3. The highest BCUT2D eigenvalue weighted by Crippen LogP contribution is 2.41. The van der Waals surface area contributed by atoms with Crippen molar-refractivity contribution in [1.82, 2.24) is 0 Å². The van der Waals surface area contributed by atoms with Crippen LogP contribution in [0.2, 0.25) is 0 Å². The molecule has 0 bridgehead atoms. The second-order valence-corrected chi connectivity index (χ2v) is 4.69. The zero-order valence-electron chi connectivity index (χ0n) is 8.34. The Kier molecular flexibility index (Phi) is 2.73. The van der Waals surface area contributed by atoms with Gasteiger partial charge in [-0.15, -0.1) is 0 Å². The van der Waals surface area contributed by atoms with Crippen molar-refractivity contribution in [1.29, 1.82) is 0 Å². The van der Waals surface area contributed by atoms with Crippen LogP contribution in [0.5, 0.6) is 0 Å². The summed E-state index contributed by atoms with van der Waals surface area (Å²) in [6.45, 7) is 4.10. The van der Waals surface area contributed by atoms with Crippen molar-refractivity contribution >= 4 is 0 Å². The molecule has 0 heterocycles. The predicted octanol–water partition coefficient (Wildman–Crippen LogP) is 2.89. The molecular formula is C12H20O. The van der Waals surface area contributed by atoms with Crippen LogP contribution >= 0.6 is 0 Å². The molecule has 0 aliphatic heterocycles. The largest absolute Gasteiger partial charge is 0.392 e. The van der Waals surface area contributed by atoms with Crippen LogP contribution in [0.1, 0.15) is 44.9 Å². The Hall–Kier alpha value is -0.300. The molecule has 1 heteroatoms. The molecule has 0 amide bonds. The van der Waals surface area contributed by atoms with Gasteiger partial charge in [-0.05, 0) is 31.6 Å². The Balaban J connectivity index is 2.00. The second-order valence-electron chi connectivity index (χ2n) is 4.69. The molecule has 0 saturated heterocycles. The van der Waals surface area contributed by atoms with Crippen LogP contribution in [0.15, 0.2) is 12.2 Å². The van der Waals surface area contributed by atoms with Crippen molar-refractivity contribution in [2.24, 2.45) is 11.8 Å². The van der Waals surface area contributed by atoms with Gasteiger partial charge in [0.25, 0.3) is 0 Å². The maximum absolute atomic E-state index is 9.85. The lowest BCUT2D eigenvalue weighted by atomic mass is 9.77. The number of hydrogen-bond donors (Lipinski definition) is 1. The lowest BCUT2D eigenvalue weighted by Gasteiger charge is -2.30. The van der Waals surface area contributed by atoms with E-state index in [0.717, 1.165) is 18.8 Å². The standard InChI is InChI=1S/C12H20O/c1-9-7-8-11(13)12(9)10-5-3-2-4-6-10/h10-13H,1-8H2/t11-,12+/m1/s1. The SMILES string of the molecule is C=C1CC[C@@H](O)[C@@H]1C1CCCCC1. The fourth-order valence-electron chi connectivity index (χ4n) is 3.09. The first-order valence-electron chi connectivity index (χ1n) is 5.65. The Morgan fingerprint density at radius 3 is 2.31 bits per heavy atom. The van der Waals surface area contributed by atoms with E-state index in [0.29, 0.717) is 5.92 Å². The molecule has 1 nitrogen and oxygen atoms in total. The lowest BCUT2D eigenvalue weighted by Crippen LogP contribution is -2.25. The minimum atomic E-state index is -0.0735. The quantitative estimate of drug-likeness (QED) is 0.615. The van der Waals surface area contributed by atoms with Gasteiger partial charge < -0.3 is 5.11 Å². The number of aliphatic hydroxyl groups is 1. The monoisotopic (exact) mass is 180 g/mol. The molecule has 74 valence electrons. The highest BCUT2D eigenvalue weighted by molar-refractivity contribution is 5.11. The summed E-state index contributed by atoms with van der Waals surface area (Å²) in [7, 11) is 0. The summed E-state index contributed by atoms with van der Waals surface area (Å²) in [5.41, 5.74) is 1.32. The third-order valence-corrected chi connectivity index (χ3v) is 3.80. The predicted molar refractivity (Wildman–Crippen MR) is 54.4 cm³/mol. The van der Waals surface area contributed by atoms with Crippen molar-refractivity contribution in [2.45, 2.75) is 51.0 Å². The van der Waals surface area contributed by atoms with Crippen LogP contribution in [0, 0.1) is 11.8 Å². The van der Waals surface area contributed by atoms with Crippen molar-refractivity contribution in [3.63, 3.8) is 0 Å². The topological polar surface area (TPSA) is 20.2 Å². The van der Waals surface area contributed by atoms with E-state index < -0.39 is 0 Å². The smallest absolute Gasteiger partial charge is 0.0611 e. The third-order valence-electron chi connectivity index (χ3n) is 3.80. The van der Waals surface area contributed by atoms with Gasteiger partial charge in [-0.25, -0.2) is 0 Å². The van der Waals surface area contributed by atoms with Crippen LogP contribution in [0.25, 0.3) is 0 Å². The van der Waals surface area contributed by atoms with Gasteiger partial charge in [-0.2, -0.15) is 0 Å². The summed E-state index contributed by atoms with van der Waals surface area (Å²) in [6.07, 6.45) is 8.70. The summed E-state index contributed by atoms with van der Waals surface area (Å²) >= 11 is 0. The van der Waals surface area contributed by atoms with Crippen molar-refractivity contribution in [3.05, 3.63) is 12.2 Å². The minimum Gasteiger partial charge on any atom is -0.392 e. The molecule has 0 unspecified atom stereocenters. The molecule has 2 atom stereocenters. The summed E-state index contributed by atoms with van der Waals surface area (Å²) in [5, 5.41) is 9.85. The van der Waals surface area contributed by atoms with Crippen molar-refractivity contribution in [3.8, 4) is 0 Å². The van der Waals surface area contributed by atoms with E-state index >= 15 is 0 Å². The van der Waals surface area contributed by atoms with E-state index in [1.807, 2.05) is 0 Å². The molecule has 2 rings (SSSR count). The molecule has 0 aromatic rings. The van der Waals surface area contributed by atoms with E-state index in [9.17, 15) is 5.11 Å². The third kappa shape index (κ3) is 1.80. The first-order valence-corrected chi connectivity index (χ1v) is 5.65. The number of rotatable bonds is 1. The second kappa shape index (κ2) is 3.83. The van der Waals surface area contributed by atoms with Gasteiger partial charge in [0.1, 0.15) is 0 Å². The molecule has 13 heavy (non-hydrogen) atoms. The zero-order chi connectivity index (χ0) is 9.26. The van der Waals surface area contributed by atoms with E-state index in [-0.39, 0.29) is 6.10 Å². The molecule has 1 N–H and O–H groups in total. The summed E-state index contributed by atoms with van der Waals surface area (Å²) in [4.78, 5) is 0. The highest BCUT2D eigenvalue weighted by Gasteiger charge is 2.35. The molecule has 2 aliphatic carbocycles. The van der Waals surface area contributed by atoms with Crippen LogP contribution in [-0.2, 0) is 0 Å². The Bertz CT molecular complexity index is 191. The molecule has 0 spiro atoms. The van der Waals surface area contributed by atoms with Crippen molar-refractivity contribution in [2.75, 3.05) is 0 Å². The summed E-state index contributed by atoms with van der Waals surface area (Å²) in [5.74, 6) is 1.19. The first-order chi connectivity index (χ1) is 6.29. The van der Waals surface area contributed by atoms with E-state index in [2.05, 4.69) is 6.58 Å². The van der Waals surface area contributed by atoms with Crippen LogP contribution in [-0.4, -0.2) is 11.2 Å². The van der Waals surface area contributed by atoms with Gasteiger partial charge in [0.05, 0.1) is 6.10 Å². The first kappa shape index (κ1) is 9.26. The lowest BCUT2D eigenvalue weighted by molar-refractivity contribution is 0.0968. The Labute approximate surface area is 80.8 Å². The Morgan fingerprint density at radius 2 is 1.77 bits per heavy atom. The van der Waals surface area contributed by atoms with E-state index in [1.54, 1.807) is 0 Å². The minimum absolute atomic E-state index is 0.0735. The average molecular weight is 180 g/mol. The fraction of sp³-hybridized carbons (Fsp3) is 0.833. The van der Waals surface area contributed by atoms with Crippen LogP contribution in [0.4, 0.5) is 0 Å². The average Bonchev–Trinajstić information content (AvgIpc) is 2.48. The molecule has 0 aromatic heterocycles. The molecular weight excluding hydrogens is 160 g/mol. The number of aliphatic hydroxyl groups excluding tert-OH is 1. The summed E-state index contributed by atoms with van der Waals surface area (Å²) < 4.78 is 0. The molecule has 2 fully saturated rings. The fourth-order valence-corrected chi connectivity index (χ4v) is 3.09. The summed E-state index contributed by atoms with van der Waals surface area (Å²) in [6, 6.07) is 0. The normalized spacial score (nSPS) is 36.8. The number of hydrogen-bond acceptors (Lipinski definition) is 1. The van der Waals surface area contributed by atoms with Gasteiger partial charge in [-0.3, -0.25) is 0 Å². The molecule has 0 radical (unpaired) electrons.